The number of benzene rings is 3. The van der Waals surface area contributed by atoms with Gasteiger partial charge in [-0.2, -0.15) is 4.21 Å². The molecule has 1 saturated heterocycles. The number of likely N-dealkylation sites (tertiary alicyclic amines) is 1. The predicted octanol–water partition coefficient (Wildman–Crippen LogP) is 5.72. The van der Waals surface area contributed by atoms with Crippen molar-refractivity contribution in [1.29, 1.82) is 0 Å². The number of hydrogen-bond acceptors (Lipinski definition) is 7. The lowest BCUT2D eigenvalue weighted by Crippen LogP contribution is -2.76. The third-order valence-corrected chi connectivity index (χ3v) is 13.1. The van der Waals surface area contributed by atoms with Gasteiger partial charge in [0.25, 0.3) is 0 Å². The Labute approximate surface area is 273 Å². The molecule has 3 saturated carbocycles. The maximum absolute atomic E-state index is 13.4. The lowest BCUT2D eigenvalue weighted by Gasteiger charge is -2.62. The highest BCUT2D eigenvalue weighted by molar-refractivity contribution is 7.75. The molecule has 7 nitrogen and oxygen atoms in total. The molecule has 240 valence electrons. The van der Waals surface area contributed by atoms with Gasteiger partial charge >= 0.3 is 11.4 Å². The van der Waals surface area contributed by atoms with Crippen LogP contribution in [-0.4, -0.2) is 56.9 Å². The third-order valence-electron chi connectivity index (χ3n) is 12.4. The van der Waals surface area contributed by atoms with Crippen LogP contribution in [-0.2, 0) is 37.6 Å². The van der Waals surface area contributed by atoms with Crippen LogP contribution < -0.4 is 8.92 Å². The van der Waals surface area contributed by atoms with Gasteiger partial charge < -0.3 is 14.0 Å². The number of piperidine rings is 1. The van der Waals surface area contributed by atoms with Gasteiger partial charge in [-0.1, -0.05) is 66.7 Å². The summed E-state index contributed by atoms with van der Waals surface area (Å²) >= 11 is -2.05. The zero-order valence-electron chi connectivity index (χ0n) is 26.1. The maximum Gasteiger partial charge on any atom is 0.360 e. The molecular weight excluding hydrogens is 598 g/mol. The molecule has 9 rings (SSSR count). The molecule has 0 amide bonds. The first-order valence-corrected chi connectivity index (χ1v) is 18.1. The molecule has 5 unspecified atom stereocenters. The number of rotatable bonds is 8. The van der Waals surface area contributed by atoms with E-state index >= 15 is 0 Å². The van der Waals surface area contributed by atoms with Crippen molar-refractivity contribution in [1.82, 2.24) is 4.90 Å². The van der Waals surface area contributed by atoms with Gasteiger partial charge in [-0.25, -0.2) is 0 Å². The van der Waals surface area contributed by atoms with Crippen molar-refractivity contribution < 1.29 is 27.2 Å². The zero-order valence-corrected chi connectivity index (χ0v) is 26.9. The molecule has 4 fully saturated rings. The van der Waals surface area contributed by atoms with Crippen LogP contribution >= 0.6 is 0 Å². The lowest BCUT2D eigenvalue weighted by molar-refractivity contribution is -0.188. The molecule has 3 aromatic carbocycles. The summed E-state index contributed by atoms with van der Waals surface area (Å²) in [6.45, 7) is 1.85. The Bertz CT molecular complexity index is 1640. The van der Waals surface area contributed by atoms with E-state index in [9.17, 15) is 14.1 Å². The SMILES string of the molecule is O=C1CCC2(O)C3Cc4ccc(OS(=O)OC5CCC(c6ccccc6)(c6ccccc6)CC5)c5c4C2(CCN3CC2CC2)C1O5. The molecule has 2 heterocycles. The topological polar surface area (TPSA) is 85.3 Å². The summed E-state index contributed by atoms with van der Waals surface area (Å²) in [5.74, 6) is 1.55. The smallest absolute Gasteiger partial charge is 0.360 e. The molecule has 3 aromatic rings. The summed E-state index contributed by atoms with van der Waals surface area (Å²) in [7, 11) is 0. The van der Waals surface area contributed by atoms with Crippen LogP contribution in [0.3, 0.4) is 0 Å². The fraction of sp³-hybridized carbons (Fsp3) is 0.500. The van der Waals surface area contributed by atoms with E-state index in [4.69, 9.17) is 13.1 Å². The second-order valence-electron chi connectivity index (χ2n) is 14.6. The number of Topliss-reactive ketones (excluding diaryl/α,β-unsaturated/α-hetero) is 1. The zero-order chi connectivity index (χ0) is 31.1. The van der Waals surface area contributed by atoms with E-state index in [0.29, 0.717) is 37.2 Å². The van der Waals surface area contributed by atoms with Gasteiger partial charge in [-0.15, -0.1) is 0 Å². The van der Waals surface area contributed by atoms with Gasteiger partial charge in [0.05, 0.1) is 17.1 Å². The molecule has 5 atom stereocenters. The first-order valence-electron chi connectivity index (χ1n) is 17.1. The molecular formula is C38H41NO6S. The minimum atomic E-state index is -2.05. The van der Waals surface area contributed by atoms with Crippen molar-refractivity contribution in [3.8, 4) is 11.5 Å². The highest BCUT2D eigenvalue weighted by Crippen LogP contribution is 2.65. The molecule has 46 heavy (non-hydrogen) atoms. The van der Waals surface area contributed by atoms with Gasteiger partial charge in [0.15, 0.2) is 23.4 Å². The van der Waals surface area contributed by atoms with E-state index in [1.165, 1.54) is 24.0 Å². The molecule has 1 N–H and O–H groups in total. The van der Waals surface area contributed by atoms with E-state index in [1.807, 2.05) is 12.1 Å². The van der Waals surface area contributed by atoms with Crippen molar-refractivity contribution in [2.24, 2.45) is 5.92 Å². The molecule has 4 aliphatic carbocycles. The Hall–Kier alpha value is -3.04. The molecule has 0 aromatic heterocycles. The van der Waals surface area contributed by atoms with Crippen LogP contribution in [0, 0.1) is 5.92 Å². The van der Waals surface area contributed by atoms with Crippen molar-refractivity contribution in [2.75, 3.05) is 13.1 Å². The minimum Gasteiger partial charge on any atom is -0.477 e. The van der Waals surface area contributed by atoms with Gasteiger partial charge in [-0.3, -0.25) is 13.9 Å². The van der Waals surface area contributed by atoms with Crippen LogP contribution in [0.2, 0.25) is 0 Å². The van der Waals surface area contributed by atoms with E-state index in [2.05, 4.69) is 65.6 Å². The van der Waals surface area contributed by atoms with E-state index in [0.717, 1.165) is 55.8 Å². The Balaban J connectivity index is 0.958. The van der Waals surface area contributed by atoms with Crippen LogP contribution in [0.5, 0.6) is 11.5 Å². The maximum atomic E-state index is 13.4. The Morgan fingerprint density at radius 1 is 0.891 bits per heavy atom. The van der Waals surface area contributed by atoms with Crippen molar-refractivity contribution in [3.05, 3.63) is 95.1 Å². The average Bonchev–Trinajstić information content (AvgIpc) is 3.83. The summed E-state index contributed by atoms with van der Waals surface area (Å²) in [6, 6.07) is 25.1. The van der Waals surface area contributed by atoms with Crippen molar-refractivity contribution in [3.63, 3.8) is 0 Å². The largest absolute Gasteiger partial charge is 0.477 e. The first kappa shape index (κ1) is 29.1. The van der Waals surface area contributed by atoms with Crippen LogP contribution in [0.4, 0.5) is 0 Å². The monoisotopic (exact) mass is 639 g/mol. The highest BCUT2D eigenvalue weighted by atomic mass is 32.2. The van der Waals surface area contributed by atoms with Gasteiger partial charge in [0, 0.05) is 30.0 Å². The van der Waals surface area contributed by atoms with E-state index in [-0.39, 0.29) is 23.3 Å². The summed E-state index contributed by atoms with van der Waals surface area (Å²) in [4.78, 5) is 15.9. The Morgan fingerprint density at radius 3 is 2.26 bits per heavy atom. The minimum absolute atomic E-state index is 0.0334. The normalized spacial score (nSPS) is 32.0. The lowest BCUT2D eigenvalue weighted by atomic mass is 9.49. The van der Waals surface area contributed by atoms with Gasteiger partial charge in [0.1, 0.15) is 0 Å². The fourth-order valence-electron chi connectivity index (χ4n) is 9.96. The quantitative estimate of drug-likeness (QED) is 0.338. The van der Waals surface area contributed by atoms with Crippen LogP contribution in [0.1, 0.15) is 80.0 Å². The third kappa shape index (κ3) is 4.26. The number of hydrogen-bond donors (Lipinski definition) is 1. The highest BCUT2D eigenvalue weighted by Gasteiger charge is 2.73. The van der Waals surface area contributed by atoms with E-state index in [1.54, 1.807) is 0 Å². The standard InChI is InChI=1S/C38H41NO6S/c40-30-17-20-38(41)32-23-26-13-14-31(34-33(26)37(38,35(30)43-34)21-22-39(32)24-25-11-12-25)45-46(42)44-29-15-18-36(19-16-29,27-7-3-1-4-8-27)28-9-5-2-6-10-28/h1-10,13-14,25,29,32,35,41H,11-12,15-24H2. The molecule has 2 bridgehead atoms. The average molecular weight is 640 g/mol. The molecule has 1 spiro atoms. The summed E-state index contributed by atoms with van der Waals surface area (Å²) in [5, 5.41) is 12.5. The predicted molar refractivity (Wildman–Crippen MR) is 174 cm³/mol. The summed E-state index contributed by atoms with van der Waals surface area (Å²) in [5.41, 5.74) is 2.64. The Kier molecular flexibility index (Phi) is 6.80. The van der Waals surface area contributed by atoms with Crippen LogP contribution in [0.15, 0.2) is 72.8 Å². The fourth-order valence-corrected chi connectivity index (χ4v) is 10.7. The second-order valence-corrected chi connectivity index (χ2v) is 15.4. The Morgan fingerprint density at radius 2 is 1.59 bits per heavy atom. The van der Waals surface area contributed by atoms with Crippen molar-refractivity contribution >= 4 is 17.1 Å². The second kappa shape index (κ2) is 10.7. The van der Waals surface area contributed by atoms with E-state index < -0.39 is 28.5 Å². The van der Waals surface area contributed by atoms with Gasteiger partial charge in [0.2, 0.25) is 0 Å². The van der Waals surface area contributed by atoms with Crippen molar-refractivity contribution in [2.45, 2.75) is 98.9 Å². The van der Waals surface area contributed by atoms with Gasteiger partial charge in [-0.05, 0) is 93.0 Å². The van der Waals surface area contributed by atoms with Crippen LogP contribution in [0.25, 0.3) is 0 Å². The number of carbonyl (C=O) groups excluding carboxylic acids is 1. The first-order chi connectivity index (χ1) is 22.4. The molecule has 0 radical (unpaired) electrons. The molecule has 6 aliphatic rings. The molecule has 2 aliphatic heterocycles. The molecule has 8 heteroatoms. The number of carbonyl (C=O) groups is 1. The summed E-state index contributed by atoms with van der Waals surface area (Å²) in [6.07, 6.45) is 6.95. The number of ketones is 1. The number of ether oxygens (including phenoxy) is 1. The summed E-state index contributed by atoms with van der Waals surface area (Å²) < 4.78 is 32.0. The number of nitrogens with zero attached hydrogens (tertiary/aromatic N) is 1. The number of aliphatic hydroxyl groups is 1.